The van der Waals surface area contributed by atoms with Gasteiger partial charge in [-0.3, -0.25) is 0 Å². The number of hydrogen-bond acceptors (Lipinski definition) is 5. The summed E-state index contributed by atoms with van der Waals surface area (Å²) < 4.78 is 23.7. The van der Waals surface area contributed by atoms with Gasteiger partial charge in [-0.25, -0.2) is 8.42 Å². The van der Waals surface area contributed by atoms with Gasteiger partial charge in [-0.05, 0) is 24.6 Å². The summed E-state index contributed by atoms with van der Waals surface area (Å²) in [7, 11) is -3.07. The van der Waals surface area contributed by atoms with Crippen molar-refractivity contribution < 1.29 is 8.42 Å². The Morgan fingerprint density at radius 2 is 2.00 bits per heavy atom. The Bertz CT molecular complexity index is 526. The van der Waals surface area contributed by atoms with E-state index in [9.17, 15) is 8.42 Å². The summed E-state index contributed by atoms with van der Waals surface area (Å²) in [5.74, 6) is 1.59. The second-order valence-corrected chi connectivity index (χ2v) is 8.29. The minimum absolute atomic E-state index is 0.00309. The van der Waals surface area contributed by atoms with Gasteiger partial charge in [-0.1, -0.05) is 12.1 Å². The number of nitrogens with zero attached hydrogens (tertiary/aromatic N) is 1. The molecule has 1 aliphatic rings. The quantitative estimate of drug-likeness (QED) is 0.919. The minimum Gasteiger partial charge on any atom is -0.353 e. The highest BCUT2D eigenvalue weighted by Gasteiger charge is 2.31. The molecule has 2 rings (SSSR count). The lowest BCUT2D eigenvalue weighted by Gasteiger charge is -2.36. The van der Waals surface area contributed by atoms with E-state index in [1.54, 1.807) is 11.8 Å². The van der Waals surface area contributed by atoms with Crippen LogP contribution in [-0.2, 0) is 9.84 Å². The van der Waals surface area contributed by atoms with Gasteiger partial charge in [0.25, 0.3) is 0 Å². The Kier molecular flexibility index (Phi) is 4.43. The first-order valence-corrected chi connectivity index (χ1v) is 9.39. The van der Waals surface area contributed by atoms with Crippen molar-refractivity contribution in [3.05, 3.63) is 29.8 Å². The third-order valence-corrected chi connectivity index (χ3v) is 5.97. The van der Waals surface area contributed by atoms with Crippen molar-refractivity contribution in [3.8, 4) is 0 Å². The fraction of sp³-hybridized carbons (Fsp3) is 0.538. The summed E-state index contributed by atoms with van der Waals surface area (Å²) in [6.07, 6.45) is 1.31. The predicted molar refractivity (Wildman–Crippen MR) is 82.3 cm³/mol. The van der Waals surface area contributed by atoms with Crippen LogP contribution in [0.25, 0.3) is 0 Å². The van der Waals surface area contributed by atoms with Crippen molar-refractivity contribution in [1.82, 2.24) is 0 Å². The molecule has 0 saturated carbocycles. The van der Waals surface area contributed by atoms with Crippen LogP contribution in [0.15, 0.2) is 24.3 Å². The van der Waals surface area contributed by atoms with E-state index < -0.39 is 15.2 Å². The van der Waals surface area contributed by atoms with Crippen LogP contribution in [0.3, 0.4) is 0 Å². The molecule has 0 aliphatic carbocycles. The van der Waals surface area contributed by atoms with Crippen molar-refractivity contribution in [2.75, 3.05) is 29.2 Å². The minimum atomic E-state index is -3.07. The molecule has 1 unspecified atom stereocenters. The number of hydrogen-bond donors (Lipinski definition) is 1. The molecule has 1 saturated heterocycles. The van der Waals surface area contributed by atoms with Crippen molar-refractivity contribution in [3.63, 3.8) is 0 Å². The van der Waals surface area contributed by atoms with Crippen molar-refractivity contribution in [1.29, 1.82) is 0 Å². The summed E-state index contributed by atoms with van der Waals surface area (Å²) >= 11 is 1.70. The molecule has 6 heteroatoms. The molecule has 106 valence electrons. The van der Waals surface area contributed by atoms with E-state index in [0.717, 1.165) is 23.5 Å². The van der Waals surface area contributed by atoms with Crippen LogP contribution in [0, 0.1) is 0 Å². The lowest BCUT2D eigenvalue weighted by molar-refractivity contribution is 0.584. The summed E-state index contributed by atoms with van der Waals surface area (Å²) in [5, 5.41) is -0.424. The zero-order chi connectivity index (χ0) is 14.0. The first-order chi connectivity index (χ1) is 8.89. The highest BCUT2D eigenvalue weighted by Crippen LogP contribution is 2.27. The molecule has 1 aromatic rings. The fourth-order valence-corrected chi connectivity index (χ4v) is 5.04. The van der Waals surface area contributed by atoms with Crippen LogP contribution in [0.5, 0.6) is 0 Å². The number of benzene rings is 1. The molecule has 4 nitrogen and oxygen atoms in total. The first-order valence-electron chi connectivity index (χ1n) is 6.28. The van der Waals surface area contributed by atoms with Gasteiger partial charge in [0.05, 0.1) is 0 Å². The topological polar surface area (TPSA) is 63.4 Å². The molecule has 0 aromatic heterocycles. The summed E-state index contributed by atoms with van der Waals surface area (Å²) in [6.45, 7) is 2.70. The third kappa shape index (κ3) is 3.43. The van der Waals surface area contributed by atoms with E-state index in [4.69, 9.17) is 5.73 Å². The van der Waals surface area contributed by atoms with Crippen LogP contribution in [0.2, 0.25) is 0 Å². The van der Waals surface area contributed by atoms with Crippen LogP contribution in [0.1, 0.15) is 18.5 Å². The van der Waals surface area contributed by atoms with Gasteiger partial charge in [0.1, 0.15) is 5.37 Å². The number of nitrogens with two attached hydrogens (primary N) is 1. The Hall–Kier alpha value is -0.720. The zero-order valence-electron chi connectivity index (χ0n) is 11.2. The Morgan fingerprint density at radius 1 is 1.37 bits per heavy atom. The van der Waals surface area contributed by atoms with Gasteiger partial charge in [-0.2, -0.15) is 11.8 Å². The highest BCUT2D eigenvalue weighted by atomic mass is 32.2. The predicted octanol–water partition coefficient (Wildman–Crippen LogP) is 1.63. The largest absolute Gasteiger partial charge is 0.353 e. The fourth-order valence-electron chi connectivity index (χ4n) is 2.20. The molecule has 0 spiro atoms. The van der Waals surface area contributed by atoms with Gasteiger partial charge < -0.3 is 10.6 Å². The second-order valence-electron chi connectivity index (χ2n) is 4.93. The Morgan fingerprint density at radius 3 is 2.53 bits per heavy atom. The first kappa shape index (κ1) is 14.7. The SMILES string of the molecule is C[C@H](N)c1ccc(N2CCSCC2S(C)(=O)=O)cc1. The zero-order valence-corrected chi connectivity index (χ0v) is 12.9. The molecule has 0 radical (unpaired) electrons. The number of thioether (sulfide) groups is 1. The second kappa shape index (κ2) is 5.73. The van der Waals surface area contributed by atoms with E-state index in [0.29, 0.717) is 5.75 Å². The van der Waals surface area contributed by atoms with Crippen molar-refractivity contribution in [2.45, 2.75) is 18.3 Å². The highest BCUT2D eigenvalue weighted by molar-refractivity contribution is 8.01. The standard InChI is InChI=1S/C13H20N2O2S2/c1-10(14)11-3-5-12(6-4-11)15-7-8-18-9-13(15)19(2,16)17/h3-6,10,13H,7-9,14H2,1-2H3/t10-,13?/m0/s1. The molecule has 0 bridgehead atoms. The van der Waals surface area contributed by atoms with Crippen LogP contribution in [-0.4, -0.2) is 38.1 Å². The van der Waals surface area contributed by atoms with Gasteiger partial charge in [-0.15, -0.1) is 0 Å². The molecular formula is C13H20N2O2S2. The molecule has 2 atom stereocenters. The summed E-state index contributed by atoms with van der Waals surface area (Å²) in [6, 6.07) is 7.87. The maximum atomic E-state index is 11.9. The van der Waals surface area contributed by atoms with E-state index in [-0.39, 0.29) is 6.04 Å². The van der Waals surface area contributed by atoms with Gasteiger partial charge in [0.2, 0.25) is 0 Å². The molecule has 19 heavy (non-hydrogen) atoms. The van der Waals surface area contributed by atoms with E-state index in [1.807, 2.05) is 36.1 Å². The van der Waals surface area contributed by atoms with Crippen molar-refractivity contribution >= 4 is 27.3 Å². The number of sulfone groups is 1. The third-order valence-electron chi connectivity index (χ3n) is 3.33. The maximum Gasteiger partial charge on any atom is 0.169 e. The molecule has 1 heterocycles. The number of anilines is 1. The molecular weight excluding hydrogens is 280 g/mol. The van der Waals surface area contributed by atoms with Crippen LogP contribution >= 0.6 is 11.8 Å². The maximum absolute atomic E-state index is 11.9. The number of rotatable bonds is 3. The van der Waals surface area contributed by atoms with Gasteiger partial charge >= 0.3 is 0 Å². The van der Waals surface area contributed by atoms with E-state index in [1.165, 1.54) is 6.26 Å². The molecule has 1 aromatic carbocycles. The molecule has 0 amide bonds. The average Bonchev–Trinajstić information content (AvgIpc) is 2.38. The Labute approximate surface area is 119 Å². The Balaban J connectivity index is 2.27. The smallest absolute Gasteiger partial charge is 0.169 e. The van der Waals surface area contributed by atoms with Gasteiger partial charge in [0.15, 0.2) is 9.84 Å². The molecule has 1 aliphatic heterocycles. The lowest BCUT2D eigenvalue weighted by Crippen LogP contribution is -2.47. The average molecular weight is 300 g/mol. The summed E-state index contributed by atoms with van der Waals surface area (Å²) in [4.78, 5) is 1.98. The molecule has 2 N–H and O–H groups in total. The summed E-state index contributed by atoms with van der Waals surface area (Å²) in [5.41, 5.74) is 7.85. The molecule has 1 fully saturated rings. The van der Waals surface area contributed by atoms with Crippen LogP contribution in [0.4, 0.5) is 5.69 Å². The lowest BCUT2D eigenvalue weighted by atomic mass is 10.1. The van der Waals surface area contributed by atoms with Crippen molar-refractivity contribution in [2.24, 2.45) is 5.73 Å². The van der Waals surface area contributed by atoms with Gasteiger partial charge in [0, 0.05) is 36.0 Å². The normalized spacial score (nSPS) is 22.3. The van der Waals surface area contributed by atoms with Crippen LogP contribution < -0.4 is 10.6 Å². The monoisotopic (exact) mass is 300 g/mol. The van der Waals surface area contributed by atoms with E-state index >= 15 is 0 Å². The van der Waals surface area contributed by atoms with E-state index in [2.05, 4.69) is 0 Å².